The highest BCUT2D eigenvalue weighted by atomic mass is 32.2. The van der Waals surface area contributed by atoms with Crippen LogP contribution in [0.4, 0.5) is 0 Å². The fraction of sp³-hybridized carbons (Fsp3) is 0.636. The molecule has 0 bridgehead atoms. The number of aryl methyl sites for hydroxylation is 1. The lowest BCUT2D eigenvalue weighted by atomic mass is 10.2. The molecule has 0 saturated heterocycles. The van der Waals surface area contributed by atoms with E-state index >= 15 is 0 Å². The minimum Gasteiger partial charge on any atom is -0.469 e. The number of rotatable bonds is 6. The van der Waals surface area contributed by atoms with Crippen LogP contribution in [0.25, 0.3) is 0 Å². The molecule has 6 heteroatoms. The van der Waals surface area contributed by atoms with E-state index in [9.17, 15) is 9.00 Å². The summed E-state index contributed by atoms with van der Waals surface area (Å²) in [6.45, 7) is 4.51. The Hall–Kier alpha value is -1.17. The number of nitrogens with zero attached hydrogens (tertiary/aromatic N) is 2. The van der Waals surface area contributed by atoms with Crippen LogP contribution in [0.5, 0.6) is 0 Å². The first-order valence-corrected chi connectivity index (χ1v) is 6.99. The Morgan fingerprint density at radius 2 is 2.35 bits per heavy atom. The van der Waals surface area contributed by atoms with Gasteiger partial charge in [-0.2, -0.15) is 5.10 Å². The molecule has 1 heterocycles. The minimum atomic E-state index is -1.07. The molecular weight excluding hydrogens is 240 g/mol. The van der Waals surface area contributed by atoms with Gasteiger partial charge in [0.25, 0.3) is 0 Å². The van der Waals surface area contributed by atoms with E-state index in [1.807, 2.05) is 13.1 Å². The molecule has 5 nitrogen and oxygen atoms in total. The molecule has 0 fully saturated rings. The molecule has 0 aliphatic rings. The van der Waals surface area contributed by atoms with Crippen LogP contribution in [0.15, 0.2) is 12.4 Å². The molecule has 0 aromatic carbocycles. The second-order valence-electron chi connectivity index (χ2n) is 3.88. The molecule has 0 spiro atoms. The number of hydrogen-bond donors (Lipinski definition) is 0. The fourth-order valence-electron chi connectivity index (χ4n) is 1.45. The Labute approximate surface area is 104 Å². The zero-order chi connectivity index (χ0) is 12.8. The summed E-state index contributed by atoms with van der Waals surface area (Å²) in [6, 6.07) is 0. The molecule has 0 aliphatic carbocycles. The normalized spacial score (nSPS) is 14.3. The van der Waals surface area contributed by atoms with E-state index in [1.165, 1.54) is 7.11 Å². The van der Waals surface area contributed by atoms with Crippen LogP contribution < -0.4 is 0 Å². The van der Waals surface area contributed by atoms with Crippen LogP contribution in [0.1, 0.15) is 19.4 Å². The molecule has 0 amide bonds. The van der Waals surface area contributed by atoms with Crippen LogP contribution in [0, 0.1) is 5.92 Å². The molecule has 0 aliphatic heterocycles. The third-order valence-corrected chi connectivity index (χ3v) is 3.90. The van der Waals surface area contributed by atoms with Gasteiger partial charge >= 0.3 is 5.97 Å². The maximum absolute atomic E-state index is 11.8. The van der Waals surface area contributed by atoms with Gasteiger partial charge in [-0.25, -0.2) is 0 Å². The highest BCUT2D eigenvalue weighted by Gasteiger charge is 2.16. The standard InChI is InChI=1S/C11H18N2O3S/c1-4-13-6-10(5-12-13)8-17(15)7-9(2)11(14)16-3/h5-6,9H,4,7-8H2,1-3H3. The van der Waals surface area contributed by atoms with E-state index in [1.54, 1.807) is 17.8 Å². The maximum atomic E-state index is 11.8. The molecule has 1 aromatic heterocycles. The second-order valence-corrected chi connectivity index (χ2v) is 5.38. The summed E-state index contributed by atoms with van der Waals surface area (Å²) < 4.78 is 18.2. The van der Waals surface area contributed by atoms with Crippen molar-refractivity contribution in [3.63, 3.8) is 0 Å². The summed E-state index contributed by atoms with van der Waals surface area (Å²) in [5, 5.41) is 4.11. The smallest absolute Gasteiger partial charge is 0.309 e. The van der Waals surface area contributed by atoms with Crippen molar-refractivity contribution >= 4 is 16.8 Å². The topological polar surface area (TPSA) is 61.2 Å². The van der Waals surface area contributed by atoms with Crippen molar-refractivity contribution in [3.05, 3.63) is 18.0 Å². The molecule has 0 saturated carbocycles. The Kier molecular flexibility index (Phi) is 5.34. The van der Waals surface area contributed by atoms with Crippen molar-refractivity contribution in [2.45, 2.75) is 26.1 Å². The highest BCUT2D eigenvalue weighted by molar-refractivity contribution is 7.84. The van der Waals surface area contributed by atoms with Gasteiger partial charge in [0, 0.05) is 34.9 Å². The van der Waals surface area contributed by atoms with Crippen molar-refractivity contribution in [3.8, 4) is 0 Å². The van der Waals surface area contributed by atoms with Gasteiger partial charge < -0.3 is 4.74 Å². The van der Waals surface area contributed by atoms with Crippen molar-refractivity contribution in [2.75, 3.05) is 12.9 Å². The van der Waals surface area contributed by atoms with E-state index in [2.05, 4.69) is 9.84 Å². The lowest BCUT2D eigenvalue weighted by molar-refractivity contribution is -0.144. The van der Waals surface area contributed by atoms with Crippen LogP contribution in [0.3, 0.4) is 0 Å². The van der Waals surface area contributed by atoms with Gasteiger partial charge in [-0.1, -0.05) is 6.92 Å². The van der Waals surface area contributed by atoms with Gasteiger partial charge in [-0.3, -0.25) is 13.7 Å². The van der Waals surface area contributed by atoms with Crippen LogP contribution in [-0.2, 0) is 32.6 Å². The summed E-state index contributed by atoms with van der Waals surface area (Å²) >= 11 is 0. The summed E-state index contributed by atoms with van der Waals surface area (Å²) in [4.78, 5) is 11.2. The zero-order valence-electron chi connectivity index (χ0n) is 10.4. The lowest BCUT2D eigenvalue weighted by Crippen LogP contribution is -2.20. The molecule has 1 rings (SSSR count). The first-order valence-electron chi connectivity index (χ1n) is 5.51. The number of hydrogen-bond acceptors (Lipinski definition) is 4. The maximum Gasteiger partial charge on any atom is 0.309 e. The average molecular weight is 258 g/mol. The van der Waals surface area contributed by atoms with Gasteiger partial charge in [0.15, 0.2) is 0 Å². The fourth-order valence-corrected chi connectivity index (χ4v) is 2.78. The second kappa shape index (κ2) is 6.54. The van der Waals surface area contributed by atoms with Crippen molar-refractivity contribution in [1.29, 1.82) is 0 Å². The Morgan fingerprint density at radius 1 is 1.65 bits per heavy atom. The largest absolute Gasteiger partial charge is 0.469 e. The first kappa shape index (κ1) is 13.9. The number of methoxy groups -OCH3 is 1. The number of aromatic nitrogens is 2. The van der Waals surface area contributed by atoms with Crippen LogP contribution in [-0.4, -0.2) is 32.8 Å². The summed E-state index contributed by atoms with van der Waals surface area (Å²) in [7, 11) is 0.274. The zero-order valence-corrected chi connectivity index (χ0v) is 11.2. The number of carbonyl (C=O) groups excluding carboxylic acids is 1. The van der Waals surface area contributed by atoms with Crippen molar-refractivity contribution < 1.29 is 13.7 Å². The Bertz CT molecular complexity index is 403. The molecule has 96 valence electrons. The summed E-state index contributed by atoms with van der Waals surface area (Å²) in [6.07, 6.45) is 3.59. The molecule has 2 unspecified atom stereocenters. The molecular formula is C11H18N2O3S. The van der Waals surface area contributed by atoms with E-state index < -0.39 is 10.8 Å². The monoisotopic (exact) mass is 258 g/mol. The van der Waals surface area contributed by atoms with Gasteiger partial charge in [0.1, 0.15) is 0 Å². The molecule has 17 heavy (non-hydrogen) atoms. The van der Waals surface area contributed by atoms with E-state index in [4.69, 9.17) is 0 Å². The Balaban J connectivity index is 2.46. The third-order valence-electron chi connectivity index (χ3n) is 2.38. The predicted octanol–water partition coefficient (Wildman–Crippen LogP) is 0.961. The SMILES string of the molecule is CCn1cc(CS(=O)CC(C)C(=O)OC)cn1. The quantitative estimate of drug-likeness (QED) is 0.713. The molecule has 0 radical (unpaired) electrons. The van der Waals surface area contributed by atoms with E-state index in [-0.39, 0.29) is 11.9 Å². The minimum absolute atomic E-state index is 0.317. The predicted molar refractivity (Wildman–Crippen MR) is 65.8 cm³/mol. The van der Waals surface area contributed by atoms with Crippen LogP contribution in [0.2, 0.25) is 0 Å². The number of ether oxygens (including phenoxy) is 1. The molecule has 0 N–H and O–H groups in total. The van der Waals surface area contributed by atoms with Crippen molar-refractivity contribution in [2.24, 2.45) is 5.92 Å². The summed E-state index contributed by atoms with van der Waals surface area (Å²) in [5.41, 5.74) is 0.933. The van der Waals surface area contributed by atoms with Crippen LogP contribution >= 0.6 is 0 Å². The van der Waals surface area contributed by atoms with E-state index in [0.29, 0.717) is 11.5 Å². The van der Waals surface area contributed by atoms with Gasteiger partial charge in [-0.05, 0) is 6.92 Å². The molecule has 1 aromatic rings. The average Bonchev–Trinajstić information content (AvgIpc) is 2.75. The van der Waals surface area contributed by atoms with Crippen molar-refractivity contribution in [1.82, 2.24) is 9.78 Å². The van der Waals surface area contributed by atoms with E-state index in [0.717, 1.165) is 12.1 Å². The Morgan fingerprint density at radius 3 is 2.88 bits per heavy atom. The van der Waals surface area contributed by atoms with Gasteiger partial charge in [0.2, 0.25) is 0 Å². The number of carbonyl (C=O) groups is 1. The molecule has 2 atom stereocenters. The first-order chi connectivity index (χ1) is 8.06. The highest BCUT2D eigenvalue weighted by Crippen LogP contribution is 2.07. The summed E-state index contributed by atoms with van der Waals surface area (Å²) in [5.74, 6) is 0.107. The lowest BCUT2D eigenvalue weighted by Gasteiger charge is -2.07. The van der Waals surface area contributed by atoms with Gasteiger partial charge in [-0.15, -0.1) is 0 Å². The number of esters is 1. The third kappa shape index (κ3) is 4.30. The van der Waals surface area contributed by atoms with Gasteiger partial charge in [0.05, 0.1) is 25.0 Å².